The minimum atomic E-state index is -3.49. The van der Waals surface area contributed by atoms with Gasteiger partial charge in [0.25, 0.3) is 10.2 Å². The van der Waals surface area contributed by atoms with E-state index in [-0.39, 0.29) is 6.54 Å². The molecule has 1 fully saturated rings. The number of aliphatic hydroxyl groups is 1. The molecule has 0 radical (unpaired) electrons. The van der Waals surface area contributed by atoms with E-state index in [9.17, 15) is 13.5 Å². The average molecular weight is 266 g/mol. The number of ether oxygens (including phenoxy) is 1. The Bertz CT molecular complexity index is 321. The van der Waals surface area contributed by atoms with E-state index in [1.54, 1.807) is 0 Å². The molecule has 0 saturated carbocycles. The topological polar surface area (TPSA) is 78.9 Å². The first kappa shape index (κ1) is 14.8. The summed E-state index contributed by atoms with van der Waals surface area (Å²) in [6.45, 7) is 5.32. The van der Waals surface area contributed by atoms with E-state index in [1.807, 2.05) is 13.8 Å². The lowest BCUT2D eigenvalue weighted by molar-refractivity contribution is 0.0363. The van der Waals surface area contributed by atoms with Gasteiger partial charge in [0.2, 0.25) is 0 Å². The highest BCUT2D eigenvalue weighted by Crippen LogP contribution is 2.14. The summed E-state index contributed by atoms with van der Waals surface area (Å²) < 4.78 is 32.7. The maximum atomic E-state index is 11.9. The number of nitrogens with zero attached hydrogens (tertiary/aromatic N) is 1. The van der Waals surface area contributed by atoms with Gasteiger partial charge in [0, 0.05) is 19.6 Å². The van der Waals surface area contributed by atoms with Gasteiger partial charge in [-0.15, -0.1) is 0 Å². The van der Waals surface area contributed by atoms with Crippen LogP contribution in [0.1, 0.15) is 26.7 Å². The van der Waals surface area contributed by atoms with E-state index >= 15 is 0 Å². The van der Waals surface area contributed by atoms with Gasteiger partial charge in [-0.2, -0.15) is 17.4 Å². The van der Waals surface area contributed by atoms with Crippen LogP contribution in [0, 0.1) is 0 Å². The van der Waals surface area contributed by atoms with Crippen molar-refractivity contribution in [2.75, 3.05) is 32.8 Å². The molecule has 0 amide bonds. The number of morpholine rings is 1. The van der Waals surface area contributed by atoms with Gasteiger partial charge in [-0.3, -0.25) is 0 Å². The first-order valence-corrected chi connectivity index (χ1v) is 7.42. The molecule has 1 heterocycles. The Morgan fingerprint density at radius 3 is 2.29 bits per heavy atom. The van der Waals surface area contributed by atoms with Crippen molar-refractivity contribution in [1.82, 2.24) is 9.03 Å². The Morgan fingerprint density at radius 1 is 1.29 bits per heavy atom. The van der Waals surface area contributed by atoms with Crippen LogP contribution in [-0.2, 0) is 14.9 Å². The predicted octanol–water partition coefficient (Wildman–Crippen LogP) is -0.296. The van der Waals surface area contributed by atoms with Crippen LogP contribution in [0.5, 0.6) is 0 Å². The van der Waals surface area contributed by atoms with Gasteiger partial charge in [-0.1, -0.05) is 13.8 Å². The Morgan fingerprint density at radius 2 is 1.82 bits per heavy atom. The van der Waals surface area contributed by atoms with E-state index in [0.717, 1.165) is 0 Å². The summed E-state index contributed by atoms with van der Waals surface area (Å²) in [5.41, 5.74) is -0.959. The number of nitrogens with one attached hydrogen (secondary N) is 1. The van der Waals surface area contributed by atoms with Crippen molar-refractivity contribution in [1.29, 1.82) is 0 Å². The molecule has 0 spiro atoms. The van der Waals surface area contributed by atoms with Gasteiger partial charge in [-0.25, -0.2) is 0 Å². The number of rotatable bonds is 6. The molecule has 1 saturated heterocycles. The lowest BCUT2D eigenvalue weighted by atomic mass is 9.98. The molecule has 0 unspecified atom stereocenters. The molecule has 1 rings (SSSR count). The number of hydrogen-bond acceptors (Lipinski definition) is 4. The Balaban J connectivity index is 2.54. The second-order valence-electron chi connectivity index (χ2n) is 4.27. The SMILES string of the molecule is CCC(O)(CC)CNS(=O)(=O)N1CCOCC1. The largest absolute Gasteiger partial charge is 0.389 e. The molecule has 0 atom stereocenters. The lowest BCUT2D eigenvalue weighted by Gasteiger charge is -2.29. The third-order valence-electron chi connectivity index (χ3n) is 3.21. The lowest BCUT2D eigenvalue weighted by Crippen LogP contribution is -2.50. The van der Waals surface area contributed by atoms with Crippen molar-refractivity contribution >= 4 is 10.2 Å². The van der Waals surface area contributed by atoms with Crippen molar-refractivity contribution in [3.05, 3.63) is 0 Å². The van der Waals surface area contributed by atoms with Crippen molar-refractivity contribution in [2.45, 2.75) is 32.3 Å². The molecule has 0 aromatic heterocycles. The van der Waals surface area contributed by atoms with Crippen LogP contribution in [0.3, 0.4) is 0 Å². The molecule has 7 heteroatoms. The summed E-state index contributed by atoms with van der Waals surface area (Å²) in [4.78, 5) is 0. The second kappa shape index (κ2) is 6.10. The molecule has 0 bridgehead atoms. The van der Waals surface area contributed by atoms with Crippen LogP contribution < -0.4 is 4.72 Å². The minimum Gasteiger partial charge on any atom is -0.389 e. The molecule has 17 heavy (non-hydrogen) atoms. The average Bonchev–Trinajstić information content (AvgIpc) is 2.37. The zero-order valence-electron chi connectivity index (χ0n) is 10.5. The molecule has 102 valence electrons. The summed E-state index contributed by atoms with van der Waals surface area (Å²) in [5, 5.41) is 10.0. The highest BCUT2D eigenvalue weighted by atomic mass is 32.2. The summed E-state index contributed by atoms with van der Waals surface area (Å²) in [6.07, 6.45) is 1.05. The van der Waals surface area contributed by atoms with Crippen molar-refractivity contribution in [2.24, 2.45) is 0 Å². The van der Waals surface area contributed by atoms with Crippen LogP contribution >= 0.6 is 0 Å². The fraction of sp³-hybridized carbons (Fsp3) is 1.00. The van der Waals surface area contributed by atoms with Crippen LogP contribution in [0.4, 0.5) is 0 Å². The van der Waals surface area contributed by atoms with E-state index in [1.165, 1.54) is 4.31 Å². The number of hydrogen-bond donors (Lipinski definition) is 2. The quantitative estimate of drug-likeness (QED) is 0.692. The fourth-order valence-electron chi connectivity index (χ4n) is 1.60. The molecule has 1 aliphatic rings. The molecule has 2 N–H and O–H groups in total. The first-order chi connectivity index (χ1) is 7.93. The van der Waals surface area contributed by atoms with Gasteiger partial charge < -0.3 is 9.84 Å². The third-order valence-corrected chi connectivity index (χ3v) is 4.76. The Labute approximate surface area is 103 Å². The van der Waals surface area contributed by atoms with E-state index in [4.69, 9.17) is 4.74 Å². The zero-order valence-corrected chi connectivity index (χ0v) is 11.3. The van der Waals surface area contributed by atoms with Crippen LogP contribution in [0.25, 0.3) is 0 Å². The smallest absolute Gasteiger partial charge is 0.279 e. The molecule has 1 aliphatic heterocycles. The Hall–Kier alpha value is -0.210. The van der Waals surface area contributed by atoms with Gasteiger partial charge in [-0.05, 0) is 12.8 Å². The third kappa shape index (κ3) is 4.18. The normalized spacial score (nSPS) is 19.5. The molecule has 0 aliphatic carbocycles. The second-order valence-corrected chi connectivity index (χ2v) is 6.02. The van der Waals surface area contributed by atoms with E-state index in [0.29, 0.717) is 39.1 Å². The molecule has 0 aromatic rings. The summed E-state index contributed by atoms with van der Waals surface area (Å²) in [7, 11) is -3.49. The maximum absolute atomic E-state index is 11.9. The first-order valence-electron chi connectivity index (χ1n) is 5.98. The van der Waals surface area contributed by atoms with Crippen molar-refractivity contribution < 1.29 is 18.3 Å². The van der Waals surface area contributed by atoms with Crippen LogP contribution in [-0.4, -0.2) is 56.3 Å². The van der Waals surface area contributed by atoms with E-state index < -0.39 is 15.8 Å². The fourth-order valence-corrected chi connectivity index (χ4v) is 2.87. The highest BCUT2D eigenvalue weighted by molar-refractivity contribution is 7.87. The van der Waals surface area contributed by atoms with Crippen LogP contribution in [0.15, 0.2) is 0 Å². The van der Waals surface area contributed by atoms with Crippen LogP contribution in [0.2, 0.25) is 0 Å². The summed E-state index contributed by atoms with van der Waals surface area (Å²) >= 11 is 0. The predicted molar refractivity (Wildman–Crippen MR) is 64.8 cm³/mol. The standard InChI is InChI=1S/C10H22N2O4S/c1-3-10(13,4-2)9-11-17(14,15)12-5-7-16-8-6-12/h11,13H,3-9H2,1-2H3. The van der Waals surface area contributed by atoms with Gasteiger partial charge in [0.05, 0.1) is 18.8 Å². The van der Waals surface area contributed by atoms with Crippen molar-refractivity contribution in [3.8, 4) is 0 Å². The minimum absolute atomic E-state index is 0.0552. The molecule has 6 nitrogen and oxygen atoms in total. The maximum Gasteiger partial charge on any atom is 0.279 e. The zero-order chi connectivity index (χ0) is 12.9. The molecular formula is C10H22N2O4S. The highest BCUT2D eigenvalue weighted by Gasteiger charge is 2.28. The summed E-state index contributed by atoms with van der Waals surface area (Å²) in [6, 6.07) is 0. The van der Waals surface area contributed by atoms with Crippen molar-refractivity contribution in [3.63, 3.8) is 0 Å². The Kier molecular flexibility index (Phi) is 5.33. The van der Waals surface area contributed by atoms with Gasteiger partial charge >= 0.3 is 0 Å². The van der Waals surface area contributed by atoms with Gasteiger partial charge in [0.15, 0.2) is 0 Å². The summed E-state index contributed by atoms with van der Waals surface area (Å²) in [5.74, 6) is 0. The monoisotopic (exact) mass is 266 g/mol. The van der Waals surface area contributed by atoms with E-state index in [2.05, 4.69) is 4.72 Å². The van der Waals surface area contributed by atoms with Gasteiger partial charge in [0.1, 0.15) is 0 Å². The molecule has 0 aromatic carbocycles. The molecular weight excluding hydrogens is 244 g/mol.